The average molecular weight is 741 g/mol. The summed E-state index contributed by atoms with van der Waals surface area (Å²) in [5.41, 5.74) is 1.31. The number of terminal acetylenes is 1. The van der Waals surface area contributed by atoms with Gasteiger partial charge in [-0.1, -0.05) is 77.8 Å². The number of nitrogens with zero attached hydrogens (tertiary/aromatic N) is 3. The third kappa shape index (κ3) is 11.7. The minimum Gasteiger partial charge on any atom is -0.386 e. The van der Waals surface area contributed by atoms with Crippen molar-refractivity contribution < 1.29 is 38.3 Å². The van der Waals surface area contributed by atoms with Crippen LogP contribution in [-0.2, 0) is 28.7 Å². The molecule has 0 aliphatic carbocycles. The van der Waals surface area contributed by atoms with E-state index in [1.807, 2.05) is 78.7 Å². The van der Waals surface area contributed by atoms with Crippen LogP contribution in [0.25, 0.3) is 0 Å². The molecule has 0 unspecified atom stereocenters. The summed E-state index contributed by atoms with van der Waals surface area (Å²) in [4.78, 5) is 58.9. The predicted octanol–water partition coefficient (Wildman–Crippen LogP) is 3.27. The number of methoxy groups -OCH3 is 2. The Morgan fingerprint density at radius 2 is 1.62 bits per heavy atom. The van der Waals surface area contributed by atoms with Crippen molar-refractivity contribution in [3.63, 3.8) is 0 Å². The number of nitrogens with one attached hydrogen (secondary N) is 2. The van der Waals surface area contributed by atoms with Crippen LogP contribution in [0.4, 0.5) is 0 Å². The van der Waals surface area contributed by atoms with Crippen LogP contribution in [0.5, 0.6) is 0 Å². The fourth-order valence-electron chi connectivity index (χ4n) is 7.49. The zero-order valence-corrected chi connectivity index (χ0v) is 34.1. The van der Waals surface area contributed by atoms with Crippen molar-refractivity contribution in [1.82, 2.24) is 20.4 Å². The molecule has 9 atom stereocenters. The van der Waals surface area contributed by atoms with Gasteiger partial charge in [0.25, 0.3) is 0 Å². The van der Waals surface area contributed by atoms with E-state index in [0.717, 1.165) is 0 Å². The summed E-state index contributed by atoms with van der Waals surface area (Å²) in [6.07, 6.45) is 5.34. The molecule has 0 bridgehead atoms. The molecule has 2 rings (SSSR count). The Hall–Kier alpha value is -3.63. The van der Waals surface area contributed by atoms with E-state index in [4.69, 9.17) is 15.9 Å². The quantitative estimate of drug-likeness (QED) is 0.112. The van der Waals surface area contributed by atoms with E-state index in [0.29, 0.717) is 37.1 Å². The van der Waals surface area contributed by atoms with Crippen LogP contribution >= 0.6 is 0 Å². The van der Waals surface area contributed by atoms with E-state index in [1.54, 1.807) is 35.6 Å². The second-order valence-electron chi connectivity index (χ2n) is 15.2. The molecule has 0 spiro atoms. The molecule has 1 saturated heterocycles. The lowest BCUT2D eigenvalue weighted by molar-refractivity contribution is -0.427. The number of aliphatic hydroxyl groups is 1. The number of likely N-dealkylation sites (N-methyl/N-ethyl adjacent to an activating group) is 2. The summed E-state index contributed by atoms with van der Waals surface area (Å²) in [7, 11) is 8.37. The Labute approximate surface area is 318 Å². The topological polar surface area (TPSA) is 141 Å². The van der Waals surface area contributed by atoms with E-state index in [2.05, 4.69) is 16.6 Å². The smallest absolute Gasteiger partial charge is 0.386 e. The van der Waals surface area contributed by atoms with Gasteiger partial charge >= 0.3 is 5.91 Å². The third-order valence-corrected chi connectivity index (χ3v) is 10.5. The molecule has 1 heterocycles. The van der Waals surface area contributed by atoms with Crippen molar-refractivity contribution in [2.75, 3.05) is 41.9 Å². The van der Waals surface area contributed by atoms with E-state index >= 15 is 0 Å². The van der Waals surface area contributed by atoms with Crippen LogP contribution < -0.4 is 10.6 Å². The Morgan fingerprint density at radius 3 is 2.11 bits per heavy atom. The fourth-order valence-corrected chi connectivity index (χ4v) is 7.49. The number of rotatable bonds is 19. The first-order chi connectivity index (χ1) is 25.0. The number of ether oxygens (including phenoxy) is 2. The lowest BCUT2D eigenvalue weighted by Crippen LogP contribution is -2.56. The molecule has 53 heavy (non-hydrogen) atoms. The van der Waals surface area contributed by atoms with Gasteiger partial charge in [-0.25, -0.2) is 4.79 Å². The van der Waals surface area contributed by atoms with E-state index in [-0.39, 0.29) is 41.9 Å². The number of hydrogen-bond acceptors (Lipinski definition) is 8. The largest absolute Gasteiger partial charge is 0.409 e. The van der Waals surface area contributed by atoms with Crippen molar-refractivity contribution in [2.24, 2.45) is 23.7 Å². The molecule has 3 N–H and O–H groups in total. The maximum atomic E-state index is 14.2. The molecule has 12 nitrogen and oxygen atoms in total. The highest BCUT2D eigenvalue weighted by Crippen LogP contribution is 2.28. The number of carbonyl (C=O) groups is 4. The van der Waals surface area contributed by atoms with Crippen LogP contribution in [-0.4, -0.2) is 127 Å². The molecule has 1 aromatic carbocycles. The molecule has 1 aliphatic rings. The van der Waals surface area contributed by atoms with Gasteiger partial charge < -0.3 is 30.1 Å². The molecule has 4 amide bonds. The van der Waals surface area contributed by atoms with Crippen LogP contribution in [0.15, 0.2) is 30.3 Å². The predicted molar refractivity (Wildman–Crippen MR) is 207 cm³/mol. The van der Waals surface area contributed by atoms with Crippen LogP contribution in [0.2, 0.25) is 0 Å². The summed E-state index contributed by atoms with van der Waals surface area (Å²) in [5.74, 6) is 0.0671. The number of likely N-dealkylation sites (tertiary alicyclic amines) is 1. The highest BCUT2D eigenvalue weighted by atomic mass is 16.5. The Balaban J connectivity index is 2.36. The Morgan fingerprint density at radius 1 is 1.00 bits per heavy atom. The molecule has 1 fully saturated rings. The fraction of sp³-hybridized carbons (Fsp3) is 0.683. The van der Waals surface area contributed by atoms with Gasteiger partial charge in [0.05, 0.1) is 30.7 Å². The first-order valence-electron chi connectivity index (χ1n) is 18.9. The molecule has 1 aliphatic heterocycles. The van der Waals surface area contributed by atoms with E-state index < -0.39 is 54.3 Å². The van der Waals surface area contributed by atoms with Crippen LogP contribution in [0.1, 0.15) is 85.8 Å². The van der Waals surface area contributed by atoms with E-state index in [1.165, 1.54) is 14.2 Å². The number of benzene rings is 1. The number of amides is 4. The summed E-state index contributed by atoms with van der Waals surface area (Å²) in [6.45, 7) is 13.9. The van der Waals surface area contributed by atoms with Crippen molar-refractivity contribution >= 4 is 29.3 Å². The van der Waals surface area contributed by atoms with Gasteiger partial charge in [-0.05, 0) is 57.7 Å². The molecular formula is C41H66N5O7+. The van der Waals surface area contributed by atoms with Gasteiger partial charge in [0.2, 0.25) is 17.7 Å². The van der Waals surface area contributed by atoms with Crippen molar-refractivity contribution in [1.29, 1.82) is 0 Å². The number of carbonyl (C=O) groups excluding carboxylic acids is 4. The van der Waals surface area contributed by atoms with E-state index in [9.17, 15) is 24.3 Å². The SMILES string of the molecule is C#C[C@@H](C(=O)N[C@H](C)[C@@H](O)c1ccccc1)[C@@H](OC)[C@@H]1CCCN1C(=O)C[C@@H](OC)C([C@@H](C)CC)=[N+](C)C(=O)[C@@H](NC(=O)[C@H](C(C)C)N(C)C)C(C)C. The van der Waals surface area contributed by atoms with Gasteiger partial charge in [-0.2, -0.15) is 4.58 Å². The highest BCUT2D eigenvalue weighted by Gasteiger charge is 2.44. The van der Waals surface area contributed by atoms with Crippen molar-refractivity contribution in [3.8, 4) is 12.3 Å². The van der Waals surface area contributed by atoms with Gasteiger partial charge in [0.1, 0.15) is 25.2 Å². The van der Waals surface area contributed by atoms with Gasteiger partial charge in [-0.3, -0.25) is 19.3 Å². The molecule has 0 radical (unpaired) electrons. The van der Waals surface area contributed by atoms with Crippen molar-refractivity contribution in [3.05, 3.63) is 35.9 Å². The monoisotopic (exact) mass is 740 g/mol. The first-order valence-corrected chi connectivity index (χ1v) is 18.9. The molecule has 0 saturated carbocycles. The third-order valence-electron chi connectivity index (χ3n) is 10.5. The standard InChI is InChI=1S/C41H65N5O7/c1-14-27(7)36(45(11)41(51)34(25(3)4)43-40(50)35(26(5)6)44(9)10)32(52-12)24-33(47)46-23-19-22-31(46)38(53-13)30(15-2)39(49)42-28(8)37(48)29-20-17-16-18-21-29/h2,16-18,20-21,25-28,30-32,34-35,37-38,48H,14,19,22-24H2,1,3-13H3,(H-,42,43,49,50)/p+1/t27-,28+,30+,31-,32+,34-,35-,37+,38+/m0/s1. The highest BCUT2D eigenvalue weighted by molar-refractivity contribution is 5.95. The lowest BCUT2D eigenvalue weighted by atomic mass is 9.92. The Bertz CT molecular complexity index is 1430. The first kappa shape index (κ1) is 45.5. The maximum Gasteiger partial charge on any atom is 0.409 e. The normalized spacial score (nSPS) is 19.8. The van der Waals surface area contributed by atoms with Gasteiger partial charge in [-0.15, -0.1) is 6.42 Å². The minimum atomic E-state index is -1.03. The minimum absolute atomic E-state index is 0.0327. The molecule has 0 aromatic heterocycles. The molecule has 12 heteroatoms. The summed E-state index contributed by atoms with van der Waals surface area (Å²) in [5, 5.41) is 16.7. The summed E-state index contributed by atoms with van der Waals surface area (Å²) in [6, 6.07) is 6.72. The molecule has 1 aromatic rings. The second kappa shape index (κ2) is 21.3. The zero-order valence-electron chi connectivity index (χ0n) is 34.1. The number of aliphatic hydroxyl groups excluding tert-OH is 1. The summed E-state index contributed by atoms with van der Waals surface area (Å²) >= 11 is 0. The average Bonchev–Trinajstić information content (AvgIpc) is 3.61. The molecular weight excluding hydrogens is 674 g/mol. The van der Waals surface area contributed by atoms with Crippen LogP contribution in [0, 0.1) is 36.0 Å². The lowest BCUT2D eigenvalue weighted by Gasteiger charge is -2.34. The second-order valence-corrected chi connectivity index (χ2v) is 15.2. The summed E-state index contributed by atoms with van der Waals surface area (Å²) < 4.78 is 13.4. The Kier molecular flexibility index (Phi) is 18.3. The molecule has 296 valence electrons. The van der Waals surface area contributed by atoms with Gasteiger partial charge in [0.15, 0.2) is 11.8 Å². The number of hydrogen-bond donors (Lipinski definition) is 3. The van der Waals surface area contributed by atoms with Gasteiger partial charge in [0, 0.05) is 26.7 Å². The van der Waals surface area contributed by atoms with Crippen LogP contribution in [0.3, 0.4) is 0 Å². The van der Waals surface area contributed by atoms with Crippen molar-refractivity contribution in [2.45, 2.75) is 117 Å². The maximum absolute atomic E-state index is 14.2. The zero-order chi connectivity index (χ0) is 40.2.